The molecule has 0 aliphatic carbocycles. The van der Waals surface area contributed by atoms with Gasteiger partial charge in [-0.2, -0.15) is 4.98 Å². The monoisotopic (exact) mass is 383 g/mol. The molecule has 3 aromatic heterocycles. The van der Waals surface area contributed by atoms with Crippen LogP contribution in [-0.4, -0.2) is 33.1 Å². The number of anilines is 1. The van der Waals surface area contributed by atoms with Crippen molar-refractivity contribution in [1.29, 1.82) is 0 Å². The predicted molar refractivity (Wildman–Crippen MR) is 103 cm³/mol. The van der Waals surface area contributed by atoms with Gasteiger partial charge in [-0.05, 0) is 43.4 Å². The van der Waals surface area contributed by atoms with Crippen LogP contribution in [0.15, 0.2) is 39.7 Å². The summed E-state index contributed by atoms with van der Waals surface area (Å²) in [6.45, 7) is 3.17. The Morgan fingerprint density at radius 2 is 2.07 bits per heavy atom. The van der Waals surface area contributed by atoms with Gasteiger partial charge in [-0.1, -0.05) is 16.8 Å². The normalized spacial score (nSPS) is 14.4. The van der Waals surface area contributed by atoms with E-state index in [1.807, 2.05) is 35.4 Å². The van der Waals surface area contributed by atoms with E-state index < -0.39 is 0 Å². The van der Waals surface area contributed by atoms with Crippen LogP contribution in [-0.2, 0) is 0 Å². The molecule has 1 saturated heterocycles. The summed E-state index contributed by atoms with van der Waals surface area (Å²) in [5, 5.41) is 17.3. The van der Waals surface area contributed by atoms with E-state index in [2.05, 4.69) is 15.1 Å². The minimum absolute atomic E-state index is 0.0480. The fourth-order valence-electron chi connectivity index (χ4n) is 3.04. The van der Waals surface area contributed by atoms with Crippen molar-refractivity contribution in [2.75, 3.05) is 18.0 Å². The molecule has 0 amide bonds. The molecule has 0 atom stereocenters. The fourth-order valence-corrected chi connectivity index (χ4v) is 3.68. The first-order valence-electron chi connectivity index (χ1n) is 8.54. The Hall–Kier alpha value is -3.07. The molecule has 0 unspecified atom stereocenters. The Balaban J connectivity index is 1.47. The smallest absolute Gasteiger partial charge is 0.311 e. The number of rotatable bonds is 4. The topological polar surface area (TPSA) is 98.2 Å². The van der Waals surface area contributed by atoms with Crippen LogP contribution in [0.2, 0.25) is 0 Å². The summed E-state index contributed by atoms with van der Waals surface area (Å²) in [5.41, 5.74) is 2.01. The highest BCUT2D eigenvalue weighted by Gasteiger charge is 2.24. The summed E-state index contributed by atoms with van der Waals surface area (Å²) in [6.07, 6.45) is 3.49. The van der Waals surface area contributed by atoms with Crippen molar-refractivity contribution in [3.05, 3.63) is 56.9 Å². The molecule has 8 nitrogen and oxygen atoms in total. The molecule has 0 radical (unpaired) electrons. The largest absolute Gasteiger partial charge is 0.350 e. The lowest BCUT2D eigenvalue weighted by atomic mass is 10.0. The highest BCUT2D eigenvalue weighted by Crippen LogP contribution is 2.30. The van der Waals surface area contributed by atoms with Crippen LogP contribution in [0.4, 0.5) is 11.5 Å². The van der Waals surface area contributed by atoms with Crippen molar-refractivity contribution in [1.82, 2.24) is 15.1 Å². The molecule has 27 heavy (non-hydrogen) atoms. The van der Waals surface area contributed by atoms with E-state index in [0.717, 1.165) is 23.4 Å². The number of aromatic nitrogens is 3. The molecule has 0 bridgehead atoms. The zero-order valence-corrected chi connectivity index (χ0v) is 15.5. The van der Waals surface area contributed by atoms with Crippen LogP contribution in [0.3, 0.4) is 0 Å². The minimum atomic E-state index is -0.376. The third kappa shape index (κ3) is 3.72. The van der Waals surface area contributed by atoms with Gasteiger partial charge in [0.1, 0.15) is 0 Å². The Morgan fingerprint density at radius 3 is 2.78 bits per heavy atom. The van der Waals surface area contributed by atoms with Gasteiger partial charge in [0.15, 0.2) is 5.82 Å². The highest BCUT2D eigenvalue weighted by molar-refractivity contribution is 7.13. The van der Waals surface area contributed by atoms with E-state index in [9.17, 15) is 10.1 Å². The first-order valence-corrected chi connectivity index (χ1v) is 9.42. The van der Waals surface area contributed by atoms with E-state index >= 15 is 0 Å². The molecule has 1 aliphatic heterocycles. The Labute approximate surface area is 159 Å². The van der Waals surface area contributed by atoms with Crippen molar-refractivity contribution in [2.45, 2.75) is 19.8 Å². The van der Waals surface area contributed by atoms with E-state index in [1.165, 1.54) is 11.6 Å². The van der Waals surface area contributed by atoms with Crippen LogP contribution in [0, 0.1) is 17.0 Å². The molecule has 4 heterocycles. The Morgan fingerprint density at radius 1 is 1.26 bits per heavy atom. The number of pyridine rings is 1. The molecule has 9 heteroatoms. The highest BCUT2D eigenvalue weighted by atomic mass is 32.1. The summed E-state index contributed by atoms with van der Waals surface area (Å²) in [4.78, 5) is 22.6. The second-order valence-corrected chi connectivity index (χ2v) is 7.22. The van der Waals surface area contributed by atoms with Gasteiger partial charge in [0.05, 0.1) is 9.80 Å². The van der Waals surface area contributed by atoms with E-state index in [0.29, 0.717) is 30.6 Å². The number of aryl methyl sites for hydroxylation is 1. The van der Waals surface area contributed by atoms with Gasteiger partial charge in [0.25, 0.3) is 5.89 Å². The van der Waals surface area contributed by atoms with E-state index in [4.69, 9.17) is 4.52 Å². The number of hydrogen-bond donors (Lipinski definition) is 0. The summed E-state index contributed by atoms with van der Waals surface area (Å²) in [6, 6.07) is 7.07. The lowest BCUT2D eigenvalue weighted by Gasteiger charge is -2.29. The number of nitrogens with zero attached hydrogens (tertiary/aromatic N) is 5. The third-order valence-corrected chi connectivity index (χ3v) is 5.26. The second kappa shape index (κ2) is 7.28. The lowest BCUT2D eigenvalue weighted by molar-refractivity contribution is -0.384. The maximum Gasteiger partial charge on any atom is 0.311 e. The summed E-state index contributed by atoms with van der Waals surface area (Å²) in [5.74, 6) is 1.52. The third-order valence-electron chi connectivity index (χ3n) is 4.40. The number of thiophene rings is 1. The number of hydrogen-bond acceptors (Lipinski definition) is 8. The van der Waals surface area contributed by atoms with Crippen molar-refractivity contribution < 1.29 is 9.45 Å². The molecule has 1 aliphatic rings. The molecule has 0 saturated carbocycles. The summed E-state index contributed by atoms with van der Waals surface area (Å²) < 4.78 is 5.31. The van der Waals surface area contributed by atoms with Gasteiger partial charge in [-0.15, -0.1) is 11.3 Å². The van der Waals surface area contributed by atoms with Gasteiger partial charge in [0, 0.05) is 24.8 Å². The zero-order valence-electron chi connectivity index (χ0n) is 14.7. The van der Waals surface area contributed by atoms with Crippen LogP contribution in [0.1, 0.15) is 24.4 Å². The maximum atomic E-state index is 11.3. The Bertz CT molecular complexity index is 986. The second-order valence-electron chi connectivity index (χ2n) is 6.28. The van der Waals surface area contributed by atoms with Crippen LogP contribution >= 0.6 is 11.3 Å². The van der Waals surface area contributed by atoms with Crippen LogP contribution in [0.5, 0.6) is 0 Å². The van der Waals surface area contributed by atoms with E-state index in [-0.39, 0.29) is 10.6 Å². The first kappa shape index (κ1) is 17.3. The molecule has 1 fully saturated rings. The SMILES string of the molecule is Cc1ccc([N+](=O)[O-])c(N2CCC(=Cc3noc(-c4cccs4)n3)CC2)n1. The molecule has 3 aromatic rings. The van der Waals surface area contributed by atoms with Gasteiger partial charge in [0.2, 0.25) is 5.82 Å². The van der Waals surface area contributed by atoms with Crippen molar-refractivity contribution >= 4 is 28.9 Å². The van der Waals surface area contributed by atoms with Crippen molar-refractivity contribution in [3.8, 4) is 10.8 Å². The minimum Gasteiger partial charge on any atom is -0.350 e. The molecule has 4 rings (SSSR count). The Kier molecular flexibility index (Phi) is 4.68. The molecular formula is C18H17N5O3S. The molecule has 138 valence electrons. The molecule has 0 aromatic carbocycles. The molecule has 0 spiro atoms. The zero-order chi connectivity index (χ0) is 18.8. The van der Waals surface area contributed by atoms with Gasteiger partial charge >= 0.3 is 5.69 Å². The average Bonchev–Trinajstić information content (AvgIpc) is 3.33. The maximum absolute atomic E-state index is 11.3. The molecule has 0 N–H and O–H groups in total. The first-order chi connectivity index (χ1) is 13.1. The fraction of sp³-hybridized carbons (Fsp3) is 0.278. The summed E-state index contributed by atoms with van der Waals surface area (Å²) in [7, 11) is 0. The lowest BCUT2D eigenvalue weighted by Crippen LogP contribution is -2.32. The summed E-state index contributed by atoms with van der Waals surface area (Å²) >= 11 is 1.55. The van der Waals surface area contributed by atoms with Crippen LogP contribution in [0.25, 0.3) is 16.8 Å². The number of piperidine rings is 1. The van der Waals surface area contributed by atoms with Gasteiger partial charge in [-0.3, -0.25) is 10.1 Å². The van der Waals surface area contributed by atoms with Gasteiger partial charge < -0.3 is 9.42 Å². The van der Waals surface area contributed by atoms with Crippen molar-refractivity contribution in [3.63, 3.8) is 0 Å². The van der Waals surface area contributed by atoms with Gasteiger partial charge in [-0.25, -0.2) is 4.98 Å². The quantitative estimate of drug-likeness (QED) is 0.494. The predicted octanol–water partition coefficient (Wildman–Crippen LogP) is 4.09. The van der Waals surface area contributed by atoms with E-state index in [1.54, 1.807) is 17.4 Å². The molecular weight excluding hydrogens is 366 g/mol. The van der Waals surface area contributed by atoms with Crippen molar-refractivity contribution in [2.24, 2.45) is 0 Å². The standard InChI is InChI=1S/C18H17N5O3S/c1-12-4-5-14(23(24)25)17(19-12)22-8-6-13(7-9-22)11-16-20-18(26-21-16)15-3-2-10-27-15/h2-5,10-11H,6-9H2,1H3. The number of nitro groups is 1. The average molecular weight is 383 g/mol. The van der Waals surface area contributed by atoms with Crippen LogP contribution < -0.4 is 4.90 Å².